The fraction of sp³-hybridized carbons (Fsp3) is 0. The van der Waals surface area contributed by atoms with Crippen LogP contribution < -0.4 is 0 Å². The molecule has 0 atom stereocenters. The molecular formula is C20H12N2O2S2. The van der Waals surface area contributed by atoms with Crippen LogP contribution in [0, 0.1) is 0 Å². The summed E-state index contributed by atoms with van der Waals surface area (Å²) in [6.07, 6.45) is 0. The van der Waals surface area contributed by atoms with Crippen molar-refractivity contribution in [2.45, 2.75) is 9.79 Å². The van der Waals surface area contributed by atoms with Crippen molar-refractivity contribution in [3.63, 3.8) is 0 Å². The molecule has 3 aromatic carbocycles. The van der Waals surface area contributed by atoms with Gasteiger partial charge in [-0.25, -0.2) is 9.97 Å². The monoisotopic (exact) mass is 376 g/mol. The molecule has 126 valence electrons. The molecule has 0 bridgehead atoms. The molecule has 0 N–H and O–H groups in total. The zero-order valence-electron chi connectivity index (χ0n) is 13.4. The van der Waals surface area contributed by atoms with Gasteiger partial charge in [0.25, 0.3) is 0 Å². The van der Waals surface area contributed by atoms with Crippen LogP contribution in [-0.2, 0) is 0 Å². The quantitative estimate of drug-likeness (QED) is 0.378. The van der Waals surface area contributed by atoms with E-state index in [1.807, 2.05) is 60.7 Å². The SMILES string of the molecule is Sc1ccc2oc(-c3ccc(-c4nc5ccc(S)cc5o4)cc3)nc2c1. The Bertz CT molecular complexity index is 1160. The minimum atomic E-state index is 0.572. The minimum Gasteiger partial charge on any atom is -0.436 e. The first-order chi connectivity index (χ1) is 12.7. The third kappa shape index (κ3) is 2.67. The lowest BCUT2D eigenvalue weighted by Crippen LogP contribution is -1.80. The number of benzene rings is 3. The zero-order chi connectivity index (χ0) is 17.7. The van der Waals surface area contributed by atoms with E-state index in [4.69, 9.17) is 8.83 Å². The van der Waals surface area contributed by atoms with Crippen LogP contribution >= 0.6 is 25.3 Å². The normalized spacial score (nSPS) is 11.5. The zero-order valence-corrected chi connectivity index (χ0v) is 15.2. The molecule has 0 aliphatic heterocycles. The molecule has 0 radical (unpaired) electrons. The highest BCUT2D eigenvalue weighted by Crippen LogP contribution is 2.29. The summed E-state index contributed by atoms with van der Waals surface area (Å²) in [5, 5.41) is 0. The van der Waals surface area contributed by atoms with Gasteiger partial charge in [-0.1, -0.05) is 0 Å². The summed E-state index contributed by atoms with van der Waals surface area (Å²) in [5.41, 5.74) is 4.83. The van der Waals surface area contributed by atoms with E-state index < -0.39 is 0 Å². The van der Waals surface area contributed by atoms with Crippen molar-refractivity contribution in [3.05, 3.63) is 60.7 Å². The maximum atomic E-state index is 5.83. The molecule has 0 aliphatic carbocycles. The van der Waals surface area contributed by atoms with Gasteiger partial charge in [-0.3, -0.25) is 0 Å². The lowest BCUT2D eigenvalue weighted by atomic mass is 10.1. The van der Waals surface area contributed by atoms with Crippen LogP contribution in [-0.4, -0.2) is 9.97 Å². The fourth-order valence-corrected chi connectivity index (χ4v) is 3.22. The van der Waals surface area contributed by atoms with E-state index in [0.29, 0.717) is 11.8 Å². The third-order valence-electron chi connectivity index (χ3n) is 4.12. The van der Waals surface area contributed by atoms with Crippen molar-refractivity contribution in [3.8, 4) is 22.9 Å². The van der Waals surface area contributed by atoms with Crippen LogP contribution in [0.25, 0.3) is 45.1 Å². The number of aromatic nitrogens is 2. The van der Waals surface area contributed by atoms with E-state index in [0.717, 1.165) is 43.1 Å². The summed E-state index contributed by atoms with van der Waals surface area (Å²) < 4.78 is 11.7. The number of hydrogen-bond donors (Lipinski definition) is 2. The lowest BCUT2D eigenvalue weighted by Gasteiger charge is -1.97. The molecule has 6 heteroatoms. The number of nitrogens with zero attached hydrogens (tertiary/aromatic N) is 2. The molecule has 26 heavy (non-hydrogen) atoms. The first-order valence-electron chi connectivity index (χ1n) is 7.96. The van der Waals surface area contributed by atoms with Gasteiger partial charge >= 0.3 is 0 Å². The Balaban J connectivity index is 1.52. The summed E-state index contributed by atoms with van der Waals surface area (Å²) in [6, 6.07) is 19.1. The van der Waals surface area contributed by atoms with Gasteiger partial charge in [0.05, 0.1) is 0 Å². The largest absolute Gasteiger partial charge is 0.436 e. The number of hydrogen-bond acceptors (Lipinski definition) is 6. The van der Waals surface area contributed by atoms with E-state index >= 15 is 0 Å². The summed E-state index contributed by atoms with van der Waals surface area (Å²) in [7, 11) is 0. The van der Waals surface area contributed by atoms with Gasteiger partial charge in [0.1, 0.15) is 11.0 Å². The molecular weight excluding hydrogens is 364 g/mol. The summed E-state index contributed by atoms with van der Waals surface area (Å²) >= 11 is 8.66. The van der Waals surface area contributed by atoms with Crippen molar-refractivity contribution in [1.29, 1.82) is 0 Å². The van der Waals surface area contributed by atoms with Gasteiger partial charge in [-0.05, 0) is 60.7 Å². The standard InChI is InChI=1S/C20H12N2O2S2/c25-13-6-8-17-16(9-13)22-20(23-17)12-3-1-11(2-4-12)19-21-15-7-5-14(26)10-18(15)24-19/h1-10,25-26H. The van der Waals surface area contributed by atoms with Crippen molar-refractivity contribution in [1.82, 2.24) is 9.97 Å². The molecule has 5 aromatic rings. The van der Waals surface area contributed by atoms with E-state index in [1.165, 1.54) is 0 Å². The van der Waals surface area contributed by atoms with Crippen molar-refractivity contribution in [2.24, 2.45) is 0 Å². The maximum absolute atomic E-state index is 5.83. The molecule has 5 rings (SSSR count). The van der Waals surface area contributed by atoms with Crippen molar-refractivity contribution in [2.75, 3.05) is 0 Å². The molecule has 2 aromatic heterocycles. The van der Waals surface area contributed by atoms with Crippen LogP contribution in [0.1, 0.15) is 0 Å². The molecule has 0 amide bonds. The van der Waals surface area contributed by atoms with E-state index in [-0.39, 0.29) is 0 Å². The van der Waals surface area contributed by atoms with Gasteiger partial charge in [0.15, 0.2) is 11.2 Å². The summed E-state index contributed by atoms with van der Waals surface area (Å²) in [6.45, 7) is 0. The highest BCUT2D eigenvalue weighted by molar-refractivity contribution is 7.80. The van der Waals surface area contributed by atoms with Crippen LogP contribution in [0.4, 0.5) is 0 Å². The molecule has 4 nitrogen and oxygen atoms in total. The van der Waals surface area contributed by atoms with Crippen LogP contribution in [0.5, 0.6) is 0 Å². The molecule has 0 fully saturated rings. The number of fused-ring (bicyclic) bond motifs is 2. The third-order valence-corrected chi connectivity index (χ3v) is 4.68. The van der Waals surface area contributed by atoms with Gasteiger partial charge < -0.3 is 8.83 Å². The second kappa shape index (κ2) is 5.93. The second-order valence-electron chi connectivity index (χ2n) is 5.92. The number of rotatable bonds is 2. The number of thiol groups is 2. The van der Waals surface area contributed by atoms with Gasteiger partial charge in [-0.15, -0.1) is 25.3 Å². The van der Waals surface area contributed by atoms with Gasteiger partial charge in [0, 0.05) is 20.9 Å². The van der Waals surface area contributed by atoms with E-state index in [1.54, 1.807) is 0 Å². The molecule has 0 saturated heterocycles. The van der Waals surface area contributed by atoms with Crippen LogP contribution in [0.3, 0.4) is 0 Å². The highest BCUT2D eigenvalue weighted by atomic mass is 32.1. The minimum absolute atomic E-state index is 0.572. The van der Waals surface area contributed by atoms with E-state index in [2.05, 4.69) is 35.2 Å². The summed E-state index contributed by atoms with van der Waals surface area (Å²) in [4.78, 5) is 10.7. The smallest absolute Gasteiger partial charge is 0.227 e. The molecule has 0 unspecified atom stereocenters. The van der Waals surface area contributed by atoms with Gasteiger partial charge in [-0.2, -0.15) is 0 Å². The van der Waals surface area contributed by atoms with E-state index in [9.17, 15) is 0 Å². The first kappa shape index (κ1) is 15.5. The Morgan fingerprint density at radius 2 is 1.15 bits per heavy atom. The first-order valence-corrected chi connectivity index (χ1v) is 8.85. The predicted octanol–water partition coefficient (Wildman–Crippen LogP) is 5.88. The summed E-state index contributed by atoms with van der Waals surface area (Å²) in [5.74, 6) is 1.14. The second-order valence-corrected chi connectivity index (χ2v) is 6.95. The Labute approximate surface area is 159 Å². The number of oxazole rings is 2. The Hall–Kier alpha value is -2.70. The highest BCUT2D eigenvalue weighted by Gasteiger charge is 2.11. The van der Waals surface area contributed by atoms with Crippen molar-refractivity contribution < 1.29 is 8.83 Å². The lowest BCUT2D eigenvalue weighted by molar-refractivity contribution is 0.617. The topological polar surface area (TPSA) is 52.1 Å². The average molecular weight is 376 g/mol. The van der Waals surface area contributed by atoms with Crippen LogP contribution in [0.15, 0.2) is 79.3 Å². The molecule has 0 saturated carbocycles. The Morgan fingerprint density at radius 3 is 1.88 bits per heavy atom. The molecule has 0 aliphatic rings. The Kier molecular flexibility index (Phi) is 3.55. The molecule has 0 spiro atoms. The Morgan fingerprint density at radius 1 is 0.577 bits per heavy atom. The molecule has 2 heterocycles. The maximum Gasteiger partial charge on any atom is 0.227 e. The fourth-order valence-electron chi connectivity index (χ4n) is 2.83. The van der Waals surface area contributed by atoms with Crippen molar-refractivity contribution >= 4 is 47.5 Å². The predicted molar refractivity (Wildman–Crippen MR) is 107 cm³/mol. The van der Waals surface area contributed by atoms with Crippen LogP contribution in [0.2, 0.25) is 0 Å². The van der Waals surface area contributed by atoms with Gasteiger partial charge in [0.2, 0.25) is 11.8 Å². The average Bonchev–Trinajstić information content (AvgIpc) is 3.25.